The van der Waals surface area contributed by atoms with E-state index in [4.69, 9.17) is 9.47 Å². The average molecular weight is 507 g/mol. The van der Waals surface area contributed by atoms with E-state index in [1.807, 2.05) is 17.5 Å². The molecule has 1 unspecified atom stereocenters. The number of nitrogens with zero attached hydrogens (tertiary/aromatic N) is 1. The van der Waals surface area contributed by atoms with E-state index < -0.39 is 11.7 Å². The summed E-state index contributed by atoms with van der Waals surface area (Å²) < 4.78 is 49.9. The minimum absolute atomic E-state index is 0.217. The number of halogens is 3. The fraction of sp³-hybridized carbons (Fsp3) is 0.462. The Hall–Kier alpha value is -2.81. The first-order valence-electron chi connectivity index (χ1n) is 11.8. The van der Waals surface area contributed by atoms with Gasteiger partial charge in [0.05, 0.1) is 25.7 Å². The van der Waals surface area contributed by atoms with Gasteiger partial charge in [0.15, 0.2) is 0 Å². The zero-order valence-electron chi connectivity index (χ0n) is 19.8. The van der Waals surface area contributed by atoms with E-state index in [0.29, 0.717) is 30.8 Å². The van der Waals surface area contributed by atoms with Gasteiger partial charge >= 0.3 is 12.1 Å². The van der Waals surface area contributed by atoms with Crippen molar-refractivity contribution in [2.45, 2.75) is 45.2 Å². The summed E-state index contributed by atoms with van der Waals surface area (Å²) in [6.07, 6.45) is 0.810. The number of esters is 1. The molecule has 4 rings (SSSR count). The van der Waals surface area contributed by atoms with Crippen LogP contribution in [0.5, 0.6) is 5.75 Å². The SMILES string of the molecule is CCOC(=O)Cc1csc2c(CCC3C[C@@H]3CCNc3ccc(C(F)(F)F)cn3)c(OC)ccc12. The smallest absolute Gasteiger partial charge is 0.417 e. The Bertz CT molecular complexity index is 1160. The van der Waals surface area contributed by atoms with Crippen LogP contribution in [0.1, 0.15) is 42.9 Å². The maximum absolute atomic E-state index is 12.7. The third-order valence-electron chi connectivity index (χ3n) is 6.49. The van der Waals surface area contributed by atoms with E-state index in [2.05, 4.69) is 10.3 Å². The molecule has 188 valence electrons. The summed E-state index contributed by atoms with van der Waals surface area (Å²) in [5.74, 6) is 2.34. The fourth-order valence-corrected chi connectivity index (χ4v) is 5.66. The van der Waals surface area contributed by atoms with Crippen molar-refractivity contribution in [3.63, 3.8) is 0 Å². The highest BCUT2D eigenvalue weighted by atomic mass is 32.1. The summed E-state index contributed by atoms with van der Waals surface area (Å²) >= 11 is 1.64. The number of aryl methyl sites for hydroxylation is 1. The van der Waals surface area contributed by atoms with E-state index in [9.17, 15) is 18.0 Å². The molecule has 0 bridgehead atoms. The second kappa shape index (κ2) is 10.8. The number of ether oxygens (including phenoxy) is 2. The van der Waals surface area contributed by atoms with Gasteiger partial charge in [-0.05, 0) is 85.0 Å². The van der Waals surface area contributed by atoms with Gasteiger partial charge in [-0.3, -0.25) is 4.79 Å². The van der Waals surface area contributed by atoms with Crippen LogP contribution in [0.15, 0.2) is 35.8 Å². The molecule has 1 aliphatic rings. The molecule has 1 N–H and O–H groups in total. The van der Waals surface area contributed by atoms with Gasteiger partial charge in [0.2, 0.25) is 0 Å². The summed E-state index contributed by atoms with van der Waals surface area (Å²) in [4.78, 5) is 15.8. The minimum atomic E-state index is -4.37. The summed E-state index contributed by atoms with van der Waals surface area (Å²) in [7, 11) is 1.68. The molecule has 0 radical (unpaired) electrons. The number of hydrogen-bond donors (Lipinski definition) is 1. The molecule has 2 atom stereocenters. The van der Waals surface area contributed by atoms with Crippen molar-refractivity contribution in [3.05, 3.63) is 52.5 Å². The lowest BCUT2D eigenvalue weighted by Gasteiger charge is -2.11. The maximum Gasteiger partial charge on any atom is 0.417 e. The van der Waals surface area contributed by atoms with E-state index in [1.165, 1.54) is 11.6 Å². The molecule has 0 aliphatic heterocycles. The molecule has 1 fully saturated rings. The Morgan fingerprint density at radius 2 is 2.00 bits per heavy atom. The van der Waals surface area contributed by atoms with Gasteiger partial charge in [-0.15, -0.1) is 11.3 Å². The lowest BCUT2D eigenvalue weighted by molar-refractivity contribution is -0.142. The molecule has 0 amide bonds. The number of thiophene rings is 1. The first-order chi connectivity index (χ1) is 16.8. The van der Waals surface area contributed by atoms with Crippen molar-refractivity contribution in [1.82, 2.24) is 4.98 Å². The van der Waals surface area contributed by atoms with Crippen molar-refractivity contribution in [3.8, 4) is 5.75 Å². The van der Waals surface area contributed by atoms with Crippen LogP contribution in [0.3, 0.4) is 0 Å². The quantitative estimate of drug-likeness (QED) is 0.301. The molecule has 1 aromatic carbocycles. The normalized spacial score (nSPS) is 17.4. The predicted molar refractivity (Wildman–Crippen MR) is 131 cm³/mol. The standard InChI is InChI=1S/C26H29F3N2O3S/c1-3-34-24(32)13-18-15-35-25-20(18)7-8-22(33-2)21(25)6-4-16-12-17(16)10-11-30-23-9-5-19(14-31-23)26(27,28)29/h5,7-9,14-17H,3-4,6,10-13H2,1-2H3,(H,30,31)/t16?,17-/m0/s1. The number of carbonyl (C=O) groups is 1. The fourth-order valence-electron chi connectivity index (χ4n) is 4.52. The number of anilines is 1. The van der Waals surface area contributed by atoms with Crippen molar-refractivity contribution >= 4 is 33.2 Å². The molecule has 35 heavy (non-hydrogen) atoms. The number of carbonyl (C=O) groups excluding carboxylic acids is 1. The zero-order valence-corrected chi connectivity index (χ0v) is 20.6. The Balaban J connectivity index is 1.29. The van der Waals surface area contributed by atoms with Crippen LogP contribution in [0, 0.1) is 11.8 Å². The highest BCUT2D eigenvalue weighted by Crippen LogP contribution is 2.46. The van der Waals surface area contributed by atoms with Gasteiger partial charge < -0.3 is 14.8 Å². The number of pyridine rings is 1. The molecule has 9 heteroatoms. The van der Waals surface area contributed by atoms with Gasteiger partial charge in [0.25, 0.3) is 0 Å². The Kier molecular flexibility index (Phi) is 7.84. The Morgan fingerprint density at radius 3 is 2.69 bits per heavy atom. The highest BCUT2D eigenvalue weighted by molar-refractivity contribution is 7.17. The van der Waals surface area contributed by atoms with Crippen LogP contribution in [0.2, 0.25) is 0 Å². The number of alkyl halides is 3. The third-order valence-corrected chi connectivity index (χ3v) is 7.59. The van der Waals surface area contributed by atoms with Crippen molar-refractivity contribution in [1.29, 1.82) is 0 Å². The zero-order chi connectivity index (χ0) is 25.0. The predicted octanol–water partition coefficient (Wildman–Crippen LogP) is 6.50. The topological polar surface area (TPSA) is 60.5 Å². The Labute approximate surface area is 206 Å². The molecular formula is C26H29F3N2O3S. The van der Waals surface area contributed by atoms with E-state index in [0.717, 1.165) is 59.3 Å². The van der Waals surface area contributed by atoms with Gasteiger partial charge in [-0.1, -0.05) is 0 Å². The van der Waals surface area contributed by atoms with E-state index in [-0.39, 0.29) is 12.4 Å². The average Bonchev–Trinajstić information content (AvgIpc) is 3.46. The van der Waals surface area contributed by atoms with Gasteiger partial charge in [-0.25, -0.2) is 4.98 Å². The summed E-state index contributed by atoms with van der Waals surface area (Å²) in [6, 6.07) is 6.41. The lowest BCUT2D eigenvalue weighted by atomic mass is 10.0. The lowest BCUT2D eigenvalue weighted by Crippen LogP contribution is -2.08. The van der Waals surface area contributed by atoms with Crippen LogP contribution in [-0.4, -0.2) is 31.2 Å². The largest absolute Gasteiger partial charge is 0.496 e. The number of hydrogen-bond acceptors (Lipinski definition) is 6. The third kappa shape index (κ3) is 6.25. The summed E-state index contributed by atoms with van der Waals surface area (Å²) in [5, 5.41) is 6.24. The molecule has 0 spiro atoms. The molecular weight excluding hydrogens is 477 g/mol. The molecule has 3 aromatic rings. The molecule has 5 nitrogen and oxygen atoms in total. The first kappa shape index (κ1) is 25.3. The van der Waals surface area contributed by atoms with Crippen LogP contribution in [0.25, 0.3) is 10.1 Å². The monoisotopic (exact) mass is 506 g/mol. The number of aromatic nitrogens is 1. The summed E-state index contributed by atoms with van der Waals surface area (Å²) in [6.45, 7) is 2.86. The number of rotatable bonds is 11. The van der Waals surface area contributed by atoms with Crippen LogP contribution in [0.4, 0.5) is 19.0 Å². The minimum Gasteiger partial charge on any atom is -0.496 e. The van der Waals surface area contributed by atoms with Gasteiger partial charge in [-0.2, -0.15) is 13.2 Å². The van der Waals surface area contributed by atoms with E-state index >= 15 is 0 Å². The van der Waals surface area contributed by atoms with Crippen molar-refractivity contribution < 1.29 is 27.4 Å². The molecule has 1 saturated carbocycles. The Morgan fingerprint density at radius 1 is 1.20 bits per heavy atom. The van der Waals surface area contributed by atoms with Crippen molar-refractivity contribution in [2.24, 2.45) is 11.8 Å². The molecule has 2 aromatic heterocycles. The van der Waals surface area contributed by atoms with Crippen LogP contribution in [-0.2, 0) is 28.5 Å². The number of benzene rings is 1. The number of methoxy groups -OCH3 is 1. The van der Waals surface area contributed by atoms with Gasteiger partial charge in [0, 0.05) is 23.0 Å². The van der Waals surface area contributed by atoms with E-state index in [1.54, 1.807) is 25.4 Å². The maximum atomic E-state index is 12.7. The van der Waals surface area contributed by atoms with Crippen LogP contribution < -0.4 is 10.1 Å². The number of nitrogens with one attached hydrogen (secondary N) is 1. The van der Waals surface area contributed by atoms with Crippen molar-refractivity contribution in [2.75, 3.05) is 25.6 Å². The number of fused-ring (bicyclic) bond motifs is 1. The molecule has 0 saturated heterocycles. The summed E-state index contributed by atoms with van der Waals surface area (Å²) in [5.41, 5.74) is 1.43. The first-order valence-corrected chi connectivity index (χ1v) is 12.7. The molecule has 2 heterocycles. The second-order valence-corrected chi connectivity index (χ2v) is 9.69. The van der Waals surface area contributed by atoms with Gasteiger partial charge in [0.1, 0.15) is 11.6 Å². The highest BCUT2D eigenvalue weighted by Gasteiger charge is 2.36. The second-order valence-electron chi connectivity index (χ2n) is 8.81. The molecule has 1 aliphatic carbocycles. The van der Waals surface area contributed by atoms with Crippen LogP contribution >= 0.6 is 11.3 Å².